The van der Waals surface area contributed by atoms with Gasteiger partial charge in [-0.2, -0.15) is 0 Å². The van der Waals surface area contributed by atoms with Crippen LogP contribution in [0.2, 0.25) is 0 Å². The summed E-state index contributed by atoms with van der Waals surface area (Å²) in [6.07, 6.45) is 0.0712. The van der Waals surface area contributed by atoms with E-state index in [2.05, 4.69) is 27.3 Å². The fourth-order valence-corrected chi connectivity index (χ4v) is 2.44. The second kappa shape index (κ2) is 8.87. The molecule has 0 aliphatic rings. The molecule has 0 fully saturated rings. The molecule has 1 rings (SSSR count). The zero-order chi connectivity index (χ0) is 16.7. The van der Waals surface area contributed by atoms with Crippen LogP contribution in [-0.2, 0) is 30.3 Å². The Kier molecular flexibility index (Phi) is 7.50. The number of methoxy groups -OCH3 is 1. The van der Waals surface area contributed by atoms with E-state index in [-0.39, 0.29) is 18.8 Å². The molecule has 6 heteroatoms. The van der Waals surface area contributed by atoms with Gasteiger partial charge < -0.3 is 9.47 Å². The average molecular weight is 418 g/mol. The Morgan fingerprint density at radius 1 is 1.14 bits per heavy atom. The van der Waals surface area contributed by atoms with Crippen molar-refractivity contribution in [1.82, 2.24) is 0 Å². The molecule has 120 valence electrons. The molecular weight excluding hydrogens is 399 g/mol. The molecule has 5 nitrogen and oxygen atoms in total. The molecule has 0 N–H and O–H groups in total. The predicted octanol–water partition coefficient (Wildman–Crippen LogP) is 2.39. The molecule has 0 amide bonds. The molecule has 1 unspecified atom stereocenters. The second-order valence-corrected chi connectivity index (χ2v) is 6.06. The summed E-state index contributed by atoms with van der Waals surface area (Å²) < 4.78 is 10.6. The molecule has 22 heavy (non-hydrogen) atoms. The zero-order valence-electron chi connectivity index (χ0n) is 12.8. The first-order chi connectivity index (χ1) is 10.4. The highest BCUT2D eigenvalue weighted by atomic mass is 127. The van der Waals surface area contributed by atoms with Gasteiger partial charge in [-0.3, -0.25) is 14.4 Å². The number of Topliss-reactive ketones (excluding diaryl/α,β-unsaturated/α-hetero) is 1. The quantitative estimate of drug-likeness (QED) is 0.387. The van der Waals surface area contributed by atoms with Gasteiger partial charge in [0.15, 0.2) is 5.78 Å². The molecule has 0 aromatic heterocycles. The molecule has 0 aliphatic heterocycles. The van der Waals surface area contributed by atoms with E-state index < -0.39 is 23.8 Å². The van der Waals surface area contributed by atoms with Gasteiger partial charge in [0.05, 0.1) is 19.6 Å². The summed E-state index contributed by atoms with van der Waals surface area (Å²) in [5.74, 6) is -3.66. The van der Waals surface area contributed by atoms with Crippen molar-refractivity contribution in [2.24, 2.45) is 11.8 Å². The van der Waals surface area contributed by atoms with Gasteiger partial charge in [0.2, 0.25) is 0 Å². The van der Waals surface area contributed by atoms with Gasteiger partial charge in [0, 0.05) is 9.99 Å². The van der Waals surface area contributed by atoms with E-state index in [0.717, 1.165) is 9.13 Å². The van der Waals surface area contributed by atoms with Crippen molar-refractivity contribution in [3.8, 4) is 0 Å². The van der Waals surface area contributed by atoms with Crippen LogP contribution in [0.4, 0.5) is 0 Å². The van der Waals surface area contributed by atoms with Gasteiger partial charge in [-0.1, -0.05) is 19.1 Å². The molecule has 0 radical (unpaired) electrons. The molecule has 0 saturated heterocycles. The molecule has 0 heterocycles. The third-order valence-electron chi connectivity index (χ3n) is 3.25. The van der Waals surface area contributed by atoms with Crippen molar-refractivity contribution in [3.63, 3.8) is 0 Å². The van der Waals surface area contributed by atoms with Gasteiger partial charge in [0.1, 0.15) is 5.92 Å². The van der Waals surface area contributed by atoms with Crippen LogP contribution in [0.1, 0.15) is 19.4 Å². The van der Waals surface area contributed by atoms with Crippen molar-refractivity contribution in [1.29, 1.82) is 0 Å². The van der Waals surface area contributed by atoms with Crippen LogP contribution in [0.3, 0.4) is 0 Å². The van der Waals surface area contributed by atoms with Crippen molar-refractivity contribution in [2.75, 3.05) is 13.7 Å². The lowest BCUT2D eigenvalue weighted by molar-refractivity contribution is -0.161. The summed E-state index contributed by atoms with van der Waals surface area (Å²) in [4.78, 5) is 36.2. The Hall–Kier alpha value is -1.44. The minimum atomic E-state index is -1.15. The van der Waals surface area contributed by atoms with Crippen LogP contribution >= 0.6 is 22.6 Å². The van der Waals surface area contributed by atoms with E-state index in [9.17, 15) is 14.4 Å². The fourth-order valence-electron chi connectivity index (χ4n) is 2.08. The minimum Gasteiger partial charge on any atom is -0.469 e. The normalized spacial score (nSPS) is 13.1. The number of ether oxygens (including phenoxy) is 2. The van der Waals surface area contributed by atoms with E-state index >= 15 is 0 Å². The summed E-state index contributed by atoms with van der Waals surface area (Å²) in [5, 5.41) is 0. The lowest BCUT2D eigenvalue weighted by Gasteiger charge is -2.19. The van der Waals surface area contributed by atoms with Crippen molar-refractivity contribution < 1.29 is 23.9 Å². The number of rotatable bonds is 7. The number of hydrogen-bond donors (Lipinski definition) is 0. The number of ketones is 1. The third-order valence-corrected chi connectivity index (χ3v) is 3.97. The van der Waals surface area contributed by atoms with E-state index in [1.807, 2.05) is 24.3 Å². The molecule has 0 aliphatic carbocycles. The molecule has 0 bridgehead atoms. The monoisotopic (exact) mass is 418 g/mol. The number of esters is 2. The van der Waals surface area contributed by atoms with E-state index in [0.29, 0.717) is 0 Å². The standard InChI is InChI=1S/C16H19IO5/c1-4-22-16(20)14(10(2)15(19)21-3)13(18)9-11-5-7-12(17)8-6-11/h5-8,10,14H,4,9H2,1-3H3/t10-,14?/m1/s1. The summed E-state index contributed by atoms with van der Waals surface area (Å²) in [6.45, 7) is 3.31. The topological polar surface area (TPSA) is 69.7 Å². The Morgan fingerprint density at radius 3 is 2.23 bits per heavy atom. The smallest absolute Gasteiger partial charge is 0.317 e. The number of hydrogen-bond acceptors (Lipinski definition) is 5. The van der Waals surface area contributed by atoms with Crippen molar-refractivity contribution in [2.45, 2.75) is 20.3 Å². The highest BCUT2D eigenvalue weighted by Crippen LogP contribution is 2.19. The first kappa shape index (κ1) is 18.6. The van der Waals surface area contributed by atoms with Crippen LogP contribution in [0.15, 0.2) is 24.3 Å². The highest BCUT2D eigenvalue weighted by Gasteiger charge is 2.37. The lowest BCUT2D eigenvalue weighted by Crippen LogP contribution is -2.37. The van der Waals surface area contributed by atoms with E-state index in [1.165, 1.54) is 14.0 Å². The first-order valence-corrected chi connectivity index (χ1v) is 8.00. The minimum absolute atomic E-state index is 0.0712. The third kappa shape index (κ3) is 5.08. The van der Waals surface area contributed by atoms with E-state index in [4.69, 9.17) is 4.74 Å². The van der Waals surface area contributed by atoms with Gasteiger partial charge >= 0.3 is 11.9 Å². The first-order valence-electron chi connectivity index (χ1n) is 6.92. The molecule has 0 saturated carbocycles. The largest absolute Gasteiger partial charge is 0.469 e. The zero-order valence-corrected chi connectivity index (χ0v) is 15.0. The summed E-state index contributed by atoms with van der Waals surface area (Å²) in [7, 11) is 1.23. The van der Waals surface area contributed by atoms with E-state index in [1.54, 1.807) is 6.92 Å². The van der Waals surface area contributed by atoms with Gasteiger partial charge in [0.25, 0.3) is 0 Å². The maximum atomic E-state index is 12.5. The molecular formula is C16H19IO5. The van der Waals surface area contributed by atoms with Crippen molar-refractivity contribution >= 4 is 40.3 Å². The van der Waals surface area contributed by atoms with Crippen LogP contribution < -0.4 is 0 Å². The number of benzene rings is 1. The molecule has 1 aromatic carbocycles. The molecule has 2 atom stereocenters. The van der Waals surface area contributed by atoms with Crippen LogP contribution in [0, 0.1) is 15.4 Å². The second-order valence-electron chi connectivity index (χ2n) is 4.81. The van der Waals surface area contributed by atoms with Crippen LogP contribution in [0.25, 0.3) is 0 Å². The SMILES string of the molecule is CCOC(=O)C(C(=O)Cc1ccc(I)cc1)[C@@H](C)C(=O)OC. The Labute approximate surface area is 143 Å². The Bertz CT molecular complexity index is 538. The number of carbonyl (C=O) groups is 3. The molecule has 1 aromatic rings. The highest BCUT2D eigenvalue weighted by molar-refractivity contribution is 14.1. The maximum Gasteiger partial charge on any atom is 0.317 e. The summed E-state index contributed by atoms with van der Waals surface area (Å²) >= 11 is 2.17. The average Bonchev–Trinajstić information content (AvgIpc) is 2.49. The van der Waals surface area contributed by atoms with Crippen LogP contribution in [-0.4, -0.2) is 31.4 Å². The van der Waals surface area contributed by atoms with Gasteiger partial charge in [-0.25, -0.2) is 0 Å². The van der Waals surface area contributed by atoms with Crippen molar-refractivity contribution in [3.05, 3.63) is 33.4 Å². The lowest BCUT2D eigenvalue weighted by atomic mass is 9.87. The number of carbonyl (C=O) groups excluding carboxylic acids is 3. The Morgan fingerprint density at radius 2 is 1.73 bits per heavy atom. The Balaban J connectivity index is 2.94. The predicted molar refractivity (Wildman–Crippen MR) is 89.2 cm³/mol. The summed E-state index contributed by atoms with van der Waals surface area (Å²) in [5.41, 5.74) is 0.789. The number of halogens is 1. The maximum absolute atomic E-state index is 12.5. The van der Waals surface area contributed by atoms with Crippen LogP contribution in [0.5, 0.6) is 0 Å². The fraction of sp³-hybridized carbons (Fsp3) is 0.438. The van der Waals surface area contributed by atoms with Gasteiger partial charge in [-0.05, 0) is 47.2 Å². The molecule has 0 spiro atoms. The summed E-state index contributed by atoms with van der Waals surface area (Å²) in [6, 6.07) is 7.41. The van der Waals surface area contributed by atoms with Gasteiger partial charge in [-0.15, -0.1) is 0 Å².